The predicted molar refractivity (Wildman–Crippen MR) is 60.7 cm³/mol. The number of rotatable bonds is 3. The number of methoxy groups -OCH3 is 1. The topological polar surface area (TPSA) is 78.2 Å². The molecular weight excluding hydrogens is 222 g/mol. The van der Waals surface area contributed by atoms with Gasteiger partial charge in [-0.3, -0.25) is 15.1 Å². The zero-order valence-corrected chi connectivity index (χ0v) is 9.03. The highest BCUT2D eigenvalue weighted by molar-refractivity contribution is 5.69. The molecule has 0 aliphatic rings. The van der Waals surface area contributed by atoms with Crippen LogP contribution in [-0.4, -0.2) is 22.0 Å². The third-order valence-electron chi connectivity index (χ3n) is 2.21. The molecule has 2 aromatic rings. The van der Waals surface area contributed by atoms with Crippen molar-refractivity contribution in [2.75, 3.05) is 7.11 Å². The summed E-state index contributed by atoms with van der Waals surface area (Å²) in [6.07, 6.45) is 4.39. The molecule has 0 fully saturated rings. The summed E-state index contributed by atoms with van der Waals surface area (Å²) in [4.78, 5) is 18.1. The van der Waals surface area contributed by atoms with Gasteiger partial charge in [-0.05, 0) is 6.07 Å². The van der Waals surface area contributed by atoms with Gasteiger partial charge in [0, 0.05) is 24.0 Å². The predicted octanol–water partition coefficient (Wildman–Crippen LogP) is 2.06. The summed E-state index contributed by atoms with van der Waals surface area (Å²) in [6.45, 7) is 0. The smallest absolute Gasteiger partial charge is 0.288 e. The first-order chi connectivity index (χ1) is 8.22. The Bertz CT molecular complexity index is 543. The second-order valence-corrected chi connectivity index (χ2v) is 3.25. The van der Waals surface area contributed by atoms with E-state index in [-0.39, 0.29) is 5.69 Å². The first kappa shape index (κ1) is 11.0. The minimum Gasteiger partial charge on any atom is -0.481 e. The number of nitrogens with zero attached hydrogens (tertiary/aromatic N) is 3. The molecule has 0 bridgehead atoms. The van der Waals surface area contributed by atoms with E-state index in [0.717, 1.165) is 5.56 Å². The van der Waals surface area contributed by atoms with E-state index >= 15 is 0 Å². The van der Waals surface area contributed by atoms with Gasteiger partial charge < -0.3 is 4.74 Å². The highest BCUT2D eigenvalue weighted by atomic mass is 16.6. The summed E-state index contributed by atoms with van der Waals surface area (Å²) in [5.74, 6) is 0.337. The van der Waals surface area contributed by atoms with Crippen LogP contribution in [0.5, 0.6) is 5.88 Å². The lowest BCUT2D eigenvalue weighted by Gasteiger charge is -2.06. The summed E-state index contributed by atoms with van der Waals surface area (Å²) in [5, 5.41) is 10.7. The maximum absolute atomic E-state index is 10.7. The van der Waals surface area contributed by atoms with Crippen LogP contribution < -0.4 is 4.74 Å². The maximum atomic E-state index is 10.7. The van der Waals surface area contributed by atoms with Crippen LogP contribution in [0.3, 0.4) is 0 Å². The zero-order valence-electron chi connectivity index (χ0n) is 9.03. The Morgan fingerprint density at radius 2 is 2.24 bits per heavy atom. The molecule has 0 spiro atoms. The number of aromatic nitrogens is 2. The first-order valence-corrected chi connectivity index (χ1v) is 4.81. The van der Waals surface area contributed by atoms with Gasteiger partial charge in [-0.25, -0.2) is 4.98 Å². The third kappa shape index (κ3) is 2.20. The van der Waals surface area contributed by atoms with Gasteiger partial charge in [0.2, 0.25) is 5.88 Å². The second kappa shape index (κ2) is 4.56. The summed E-state index contributed by atoms with van der Waals surface area (Å²) in [6, 6.07) is 4.95. The van der Waals surface area contributed by atoms with E-state index in [4.69, 9.17) is 4.74 Å². The molecule has 0 saturated heterocycles. The Hall–Kier alpha value is -2.50. The van der Waals surface area contributed by atoms with Crippen LogP contribution in [0.2, 0.25) is 0 Å². The van der Waals surface area contributed by atoms with Crippen molar-refractivity contribution in [1.29, 1.82) is 0 Å². The SMILES string of the molecule is COc1ncc([N+](=O)[O-])cc1-c1cccnc1. The molecule has 0 N–H and O–H groups in total. The van der Waals surface area contributed by atoms with E-state index in [9.17, 15) is 10.1 Å². The van der Waals surface area contributed by atoms with E-state index in [2.05, 4.69) is 9.97 Å². The lowest BCUT2D eigenvalue weighted by Crippen LogP contribution is -1.95. The minimum absolute atomic E-state index is 0.0790. The Kier molecular flexibility index (Phi) is 2.95. The van der Waals surface area contributed by atoms with Crippen LogP contribution in [0, 0.1) is 10.1 Å². The first-order valence-electron chi connectivity index (χ1n) is 4.81. The van der Waals surface area contributed by atoms with Crippen LogP contribution in [0.15, 0.2) is 36.8 Å². The van der Waals surface area contributed by atoms with Gasteiger partial charge in [-0.1, -0.05) is 6.07 Å². The number of nitro groups is 1. The van der Waals surface area contributed by atoms with E-state index < -0.39 is 4.92 Å². The quantitative estimate of drug-likeness (QED) is 0.596. The normalized spacial score (nSPS) is 9.94. The van der Waals surface area contributed by atoms with Crippen molar-refractivity contribution >= 4 is 5.69 Å². The summed E-state index contributed by atoms with van der Waals surface area (Å²) < 4.78 is 5.07. The summed E-state index contributed by atoms with van der Waals surface area (Å²) in [7, 11) is 1.47. The van der Waals surface area contributed by atoms with Crippen molar-refractivity contribution in [1.82, 2.24) is 9.97 Å². The molecule has 6 heteroatoms. The van der Waals surface area contributed by atoms with Gasteiger partial charge in [0.25, 0.3) is 5.69 Å². The Morgan fingerprint density at radius 3 is 2.82 bits per heavy atom. The summed E-state index contributed by atoms with van der Waals surface area (Å²) in [5.41, 5.74) is 1.19. The number of hydrogen-bond donors (Lipinski definition) is 0. The third-order valence-corrected chi connectivity index (χ3v) is 2.21. The van der Waals surface area contributed by atoms with E-state index in [1.807, 2.05) is 0 Å². The van der Waals surface area contributed by atoms with Crippen LogP contribution in [0.25, 0.3) is 11.1 Å². The van der Waals surface area contributed by atoms with Gasteiger partial charge in [0.1, 0.15) is 6.20 Å². The van der Waals surface area contributed by atoms with Gasteiger partial charge in [-0.2, -0.15) is 0 Å². The molecule has 0 aliphatic carbocycles. The molecular formula is C11H9N3O3. The lowest BCUT2D eigenvalue weighted by molar-refractivity contribution is -0.385. The molecule has 2 aromatic heterocycles. The van der Waals surface area contributed by atoms with Crippen molar-refractivity contribution in [3.05, 3.63) is 46.9 Å². The van der Waals surface area contributed by atoms with Crippen LogP contribution >= 0.6 is 0 Å². The number of hydrogen-bond acceptors (Lipinski definition) is 5. The molecule has 2 rings (SSSR count). The van der Waals surface area contributed by atoms with E-state index in [1.165, 1.54) is 19.4 Å². The number of ether oxygens (including phenoxy) is 1. The fraction of sp³-hybridized carbons (Fsp3) is 0.0909. The molecule has 0 unspecified atom stereocenters. The maximum Gasteiger partial charge on any atom is 0.288 e. The largest absolute Gasteiger partial charge is 0.481 e. The molecule has 0 amide bonds. The highest BCUT2D eigenvalue weighted by Crippen LogP contribution is 2.30. The van der Waals surface area contributed by atoms with Crippen LogP contribution in [-0.2, 0) is 0 Å². The monoisotopic (exact) mass is 231 g/mol. The zero-order chi connectivity index (χ0) is 12.3. The fourth-order valence-corrected chi connectivity index (χ4v) is 1.43. The highest BCUT2D eigenvalue weighted by Gasteiger charge is 2.14. The van der Waals surface area contributed by atoms with Gasteiger partial charge in [-0.15, -0.1) is 0 Å². The Morgan fingerprint density at radius 1 is 1.41 bits per heavy atom. The Labute approximate surface area is 97.1 Å². The molecule has 17 heavy (non-hydrogen) atoms. The average molecular weight is 231 g/mol. The molecule has 86 valence electrons. The van der Waals surface area contributed by atoms with E-state index in [1.54, 1.807) is 24.5 Å². The fourth-order valence-electron chi connectivity index (χ4n) is 1.43. The Balaban J connectivity index is 2.58. The van der Waals surface area contributed by atoms with Crippen molar-refractivity contribution in [3.63, 3.8) is 0 Å². The van der Waals surface area contributed by atoms with Crippen LogP contribution in [0.4, 0.5) is 5.69 Å². The molecule has 0 aromatic carbocycles. The van der Waals surface area contributed by atoms with Crippen molar-refractivity contribution in [3.8, 4) is 17.0 Å². The van der Waals surface area contributed by atoms with Crippen molar-refractivity contribution in [2.24, 2.45) is 0 Å². The van der Waals surface area contributed by atoms with Crippen molar-refractivity contribution in [2.45, 2.75) is 0 Å². The minimum atomic E-state index is -0.494. The van der Waals surface area contributed by atoms with E-state index in [0.29, 0.717) is 11.4 Å². The molecule has 6 nitrogen and oxygen atoms in total. The molecule has 0 saturated carbocycles. The van der Waals surface area contributed by atoms with Crippen LogP contribution in [0.1, 0.15) is 0 Å². The molecule has 0 aliphatic heterocycles. The average Bonchev–Trinajstić information content (AvgIpc) is 2.39. The molecule has 0 atom stereocenters. The standard InChI is InChI=1S/C11H9N3O3/c1-17-11-10(8-3-2-4-12-6-8)5-9(7-13-11)14(15)16/h2-7H,1H3. The van der Waals surface area contributed by atoms with Gasteiger partial charge in [0.05, 0.1) is 17.6 Å². The number of pyridine rings is 2. The molecule has 2 heterocycles. The van der Waals surface area contributed by atoms with Crippen molar-refractivity contribution < 1.29 is 9.66 Å². The van der Waals surface area contributed by atoms with Gasteiger partial charge in [0.15, 0.2) is 0 Å². The summed E-state index contributed by atoms with van der Waals surface area (Å²) >= 11 is 0. The van der Waals surface area contributed by atoms with Gasteiger partial charge >= 0.3 is 0 Å². The second-order valence-electron chi connectivity index (χ2n) is 3.25. The lowest BCUT2D eigenvalue weighted by atomic mass is 10.1. The molecule has 0 radical (unpaired) electrons.